The Morgan fingerprint density at radius 2 is 1.70 bits per heavy atom. The number of rotatable bonds is 0. The fourth-order valence-electron chi connectivity index (χ4n) is 1.05. The zero-order valence-electron chi connectivity index (χ0n) is 4.99. The molecule has 5 nitrogen and oxygen atoms in total. The van der Waals surface area contributed by atoms with Gasteiger partial charge in [0.1, 0.15) is 6.79 Å². The standard InChI is InChI=1S/C5H5NO4/c7-4-2-3(5(8)6-4)10-1-9-2/h2-3H,1H2,(H,6,7,8). The first-order valence-corrected chi connectivity index (χ1v) is 2.87. The Bertz CT molecular complexity index is 182. The van der Waals surface area contributed by atoms with Crippen LogP contribution >= 0.6 is 0 Å². The fraction of sp³-hybridized carbons (Fsp3) is 0.600. The number of carbonyl (C=O) groups is 2. The quantitative estimate of drug-likeness (QED) is 0.414. The number of carbonyl (C=O) groups excluding carboxylic acids is 2. The smallest absolute Gasteiger partial charge is 0.259 e. The van der Waals surface area contributed by atoms with Crippen molar-refractivity contribution < 1.29 is 19.1 Å². The van der Waals surface area contributed by atoms with Crippen LogP contribution in [0, 0.1) is 0 Å². The van der Waals surface area contributed by atoms with E-state index in [1.165, 1.54) is 0 Å². The summed E-state index contributed by atoms with van der Waals surface area (Å²) < 4.78 is 9.61. The lowest BCUT2D eigenvalue weighted by molar-refractivity contribution is -0.132. The predicted octanol–water partition coefficient (Wildman–Crippen LogP) is -1.62. The van der Waals surface area contributed by atoms with Gasteiger partial charge < -0.3 is 9.47 Å². The van der Waals surface area contributed by atoms with Gasteiger partial charge in [-0.1, -0.05) is 0 Å². The Labute approximate surface area is 56.3 Å². The van der Waals surface area contributed by atoms with E-state index < -0.39 is 24.0 Å². The molecule has 0 bridgehead atoms. The van der Waals surface area contributed by atoms with Crippen molar-refractivity contribution in [2.75, 3.05) is 6.79 Å². The van der Waals surface area contributed by atoms with Crippen molar-refractivity contribution in [1.82, 2.24) is 5.32 Å². The van der Waals surface area contributed by atoms with Crippen molar-refractivity contribution in [2.24, 2.45) is 0 Å². The van der Waals surface area contributed by atoms with Crippen LogP contribution < -0.4 is 5.32 Å². The number of nitrogens with one attached hydrogen (secondary N) is 1. The lowest BCUT2D eigenvalue weighted by atomic mass is 10.2. The maximum atomic E-state index is 10.7. The molecule has 54 valence electrons. The van der Waals surface area contributed by atoms with E-state index in [1.54, 1.807) is 0 Å². The Morgan fingerprint density at radius 1 is 1.20 bits per heavy atom. The molecule has 0 aromatic heterocycles. The summed E-state index contributed by atoms with van der Waals surface area (Å²) in [5, 5.41) is 2.09. The number of imide groups is 1. The topological polar surface area (TPSA) is 64.6 Å². The van der Waals surface area contributed by atoms with Gasteiger partial charge >= 0.3 is 0 Å². The molecule has 0 aromatic rings. The highest BCUT2D eigenvalue weighted by molar-refractivity contribution is 6.08. The minimum absolute atomic E-state index is 0.0362. The predicted molar refractivity (Wildman–Crippen MR) is 27.8 cm³/mol. The first-order valence-electron chi connectivity index (χ1n) is 2.87. The van der Waals surface area contributed by atoms with Gasteiger partial charge in [0.2, 0.25) is 0 Å². The van der Waals surface area contributed by atoms with Gasteiger partial charge in [-0.2, -0.15) is 0 Å². The summed E-state index contributed by atoms with van der Waals surface area (Å²) in [5.74, 6) is -0.792. The first-order chi connectivity index (χ1) is 4.79. The van der Waals surface area contributed by atoms with Crippen LogP contribution in [0.4, 0.5) is 0 Å². The summed E-state index contributed by atoms with van der Waals surface area (Å²) in [6, 6.07) is 0. The second kappa shape index (κ2) is 1.77. The summed E-state index contributed by atoms with van der Waals surface area (Å²) in [7, 11) is 0. The molecule has 2 amide bonds. The Balaban J connectivity index is 2.27. The van der Waals surface area contributed by atoms with E-state index in [2.05, 4.69) is 5.32 Å². The van der Waals surface area contributed by atoms with E-state index in [9.17, 15) is 9.59 Å². The second-order valence-electron chi connectivity index (χ2n) is 2.15. The molecule has 2 atom stereocenters. The van der Waals surface area contributed by atoms with Gasteiger partial charge in [0.05, 0.1) is 0 Å². The molecule has 0 saturated carbocycles. The minimum Gasteiger partial charge on any atom is -0.339 e. The van der Waals surface area contributed by atoms with Crippen molar-refractivity contribution in [3.05, 3.63) is 0 Å². The highest BCUT2D eigenvalue weighted by Crippen LogP contribution is 2.17. The highest BCUT2D eigenvalue weighted by atomic mass is 16.7. The van der Waals surface area contributed by atoms with Crippen LogP contribution in [0.25, 0.3) is 0 Å². The van der Waals surface area contributed by atoms with Gasteiger partial charge in [-0.15, -0.1) is 0 Å². The molecule has 2 heterocycles. The SMILES string of the molecule is O=C1NC(=O)C2OCOC12. The molecule has 0 spiro atoms. The van der Waals surface area contributed by atoms with Crippen LogP contribution in [0.3, 0.4) is 0 Å². The molecule has 2 aliphatic rings. The van der Waals surface area contributed by atoms with Crippen LogP contribution in [0.2, 0.25) is 0 Å². The third-order valence-electron chi connectivity index (χ3n) is 1.53. The van der Waals surface area contributed by atoms with E-state index >= 15 is 0 Å². The lowest BCUT2D eigenvalue weighted by Gasteiger charge is -1.96. The number of hydrogen-bond donors (Lipinski definition) is 1. The molecular weight excluding hydrogens is 138 g/mol. The number of ether oxygens (including phenoxy) is 2. The molecule has 5 heteroatoms. The van der Waals surface area contributed by atoms with Gasteiger partial charge in [-0.25, -0.2) is 0 Å². The molecule has 2 aliphatic heterocycles. The van der Waals surface area contributed by atoms with Gasteiger partial charge in [-0.3, -0.25) is 14.9 Å². The zero-order valence-corrected chi connectivity index (χ0v) is 4.99. The van der Waals surface area contributed by atoms with Gasteiger partial charge in [0, 0.05) is 0 Å². The third-order valence-corrected chi connectivity index (χ3v) is 1.53. The largest absolute Gasteiger partial charge is 0.339 e. The molecule has 0 aliphatic carbocycles. The third kappa shape index (κ3) is 0.585. The maximum Gasteiger partial charge on any atom is 0.259 e. The normalized spacial score (nSPS) is 38.0. The van der Waals surface area contributed by atoms with Gasteiger partial charge in [0.25, 0.3) is 11.8 Å². The highest BCUT2D eigenvalue weighted by Gasteiger charge is 2.47. The van der Waals surface area contributed by atoms with Gasteiger partial charge in [-0.05, 0) is 0 Å². The zero-order chi connectivity index (χ0) is 7.14. The lowest BCUT2D eigenvalue weighted by Crippen LogP contribution is -2.26. The van der Waals surface area contributed by atoms with Crippen molar-refractivity contribution >= 4 is 11.8 Å². The molecule has 10 heavy (non-hydrogen) atoms. The van der Waals surface area contributed by atoms with E-state index in [-0.39, 0.29) is 6.79 Å². The summed E-state index contributed by atoms with van der Waals surface area (Å²) in [6.07, 6.45) is -1.40. The molecule has 2 saturated heterocycles. The number of hydrogen-bond acceptors (Lipinski definition) is 4. The van der Waals surface area contributed by atoms with Crippen molar-refractivity contribution in [2.45, 2.75) is 12.2 Å². The van der Waals surface area contributed by atoms with E-state index in [0.29, 0.717) is 0 Å². The average Bonchev–Trinajstić information content (AvgIpc) is 2.39. The molecule has 1 N–H and O–H groups in total. The van der Waals surface area contributed by atoms with E-state index in [0.717, 1.165) is 0 Å². The summed E-state index contributed by atoms with van der Waals surface area (Å²) in [6.45, 7) is 0.0362. The summed E-state index contributed by atoms with van der Waals surface area (Å²) in [4.78, 5) is 21.5. The van der Waals surface area contributed by atoms with Crippen LogP contribution in [0.15, 0.2) is 0 Å². The van der Waals surface area contributed by atoms with Crippen molar-refractivity contribution in [3.63, 3.8) is 0 Å². The van der Waals surface area contributed by atoms with Crippen LogP contribution in [0.1, 0.15) is 0 Å². The Morgan fingerprint density at radius 3 is 2.20 bits per heavy atom. The van der Waals surface area contributed by atoms with Crippen LogP contribution in [-0.4, -0.2) is 30.8 Å². The Kier molecular flexibility index (Phi) is 1.03. The molecule has 0 aromatic carbocycles. The molecule has 2 unspecified atom stereocenters. The summed E-state index contributed by atoms with van der Waals surface area (Å²) in [5.41, 5.74) is 0. The summed E-state index contributed by atoms with van der Waals surface area (Å²) >= 11 is 0. The minimum atomic E-state index is -0.701. The average molecular weight is 143 g/mol. The Hall–Kier alpha value is -0.940. The van der Waals surface area contributed by atoms with E-state index in [1.807, 2.05) is 0 Å². The molecule has 0 radical (unpaired) electrons. The van der Waals surface area contributed by atoms with Crippen LogP contribution in [-0.2, 0) is 19.1 Å². The van der Waals surface area contributed by atoms with Gasteiger partial charge in [0.15, 0.2) is 12.2 Å². The fourth-order valence-corrected chi connectivity index (χ4v) is 1.05. The molecule has 2 fully saturated rings. The van der Waals surface area contributed by atoms with Crippen molar-refractivity contribution in [1.29, 1.82) is 0 Å². The monoisotopic (exact) mass is 143 g/mol. The number of fused-ring (bicyclic) bond motifs is 1. The van der Waals surface area contributed by atoms with E-state index in [4.69, 9.17) is 9.47 Å². The molecular formula is C5H5NO4. The van der Waals surface area contributed by atoms with Crippen LogP contribution in [0.5, 0.6) is 0 Å². The molecule has 2 rings (SSSR count). The maximum absolute atomic E-state index is 10.7. The number of amides is 2. The second-order valence-corrected chi connectivity index (χ2v) is 2.15. The van der Waals surface area contributed by atoms with Crippen molar-refractivity contribution in [3.8, 4) is 0 Å². The first kappa shape index (κ1) is 5.82.